The zero-order valence-corrected chi connectivity index (χ0v) is 14.7. The van der Waals surface area contributed by atoms with Crippen molar-refractivity contribution in [3.63, 3.8) is 0 Å². The van der Waals surface area contributed by atoms with E-state index in [0.29, 0.717) is 37.6 Å². The first-order valence-corrected chi connectivity index (χ1v) is 8.65. The summed E-state index contributed by atoms with van der Waals surface area (Å²) < 4.78 is 26.6. The van der Waals surface area contributed by atoms with Crippen LogP contribution in [-0.4, -0.2) is 34.7 Å². The molecule has 2 aromatic carbocycles. The zero-order valence-electron chi connectivity index (χ0n) is 14.7. The maximum Gasteiger partial charge on any atom is 0.269 e. The number of non-ortho nitro benzene ring substituents is 1. The van der Waals surface area contributed by atoms with Crippen molar-refractivity contribution in [3.8, 4) is 0 Å². The lowest BCUT2D eigenvalue weighted by Gasteiger charge is -2.31. The molecule has 146 valence electrons. The number of nitro groups is 1. The van der Waals surface area contributed by atoms with Crippen LogP contribution < -0.4 is 5.32 Å². The number of halogens is 2. The van der Waals surface area contributed by atoms with Crippen LogP contribution in [0.1, 0.15) is 23.2 Å². The van der Waals surface area contributed by atoms with Gasteiger partial charge in [0.05, 0.1) is 10.6 Å². The van der Waals surface area contributed by atoms with Crippen LogP contribution in [0.15, 0.2) is 42.5 Å². The van der Waals surface area contributed by atoms with E-state index in [2.05, 4.69) is 5.32 Å². The molecular formula is C19H17F2N3O4. The Balaban J connectivity index is 1.56. The Bertz CT molecular complexity index is 910. The minimum atomic E-state index is -0.848. The molecule has 0 aliphatic carbocycles. The van der Waals surface area contributed by atoms with E-state index in [1.807, 2.05) is 0 Å². The summed E-state index contributed by atoms with van der Waals surface area (Å²) in [5.74, 6) is -2.62. The Morgan fingerprint density at radius 2 is 1.71 bits per heavy atom. The Labute approximate surface area is 159 Å². The fourth-order valence-corrected chi connectivity index (χ4v) is 3.08. The Hall–Kier alpha value is -3.36. The highest BCUT2D eigenvalue weighted by Gasteiger charge is 2.28. The summed E-state index contributed by atoms with van der Waals surface area (Å²) >= 11 is 0. The number of likely N-dealkylation sites (tertiary alicyclic amines) is 1. The first kappa shape index (κ1) is 19.4. The monoisotopic (exact) mass is 389 g/mol. The number of carbonyl (C=O) groups is 2. The van der Waals surface area contributed by atoms with Crippen LogP contribution in [0.2, 0.25) is 0 Å². The van der Waals surface area contributed by atoms with Crippen LogP contribution in [0.25, 0.3) is 0 Å². The van der Waals surface area contributed by atoms with Crippen LogP contribution in [0, 0.1) is 27.7 Å². The van der Waals surface area contributed by atoms with Gasteiger partial charge < -0.3 is 10.2 Å². The quantitative estimate of drug-likeness (QED) is 0.641. The molecule has 2 amide bonds. The van der Waals surface area contributed by atoms with Gasteiger partial charge in [-0.25, -0.2) is 8.78 Å². The van der Waals surface area contributed by atoms with Crippen molar-refractivity contribution in [1.82, 2.24) is 4.90 Å². The van der Waals surface area contributed by atoms with E-state index in [9.17, 15) is 28.5 Å². The van der Waals surface area contributed by atoms with E-state index < -0.39 is 22.5 Å². The predicted octanol–water partition coefficient (Wildman–Crippen LogP) is 3.36. The van der Waals surface area contributed by atoms with Gasteiger partial charge in [-0.2, -0.15) is 0 Å². The topological polar surface area (TPSA) is 92.6 Å². The summed E-state index contributed by atoms with van der Waals surface area (Å²) in [4.78, 5) is 36.5. The van der Waals surface area contributed by atoms with Crippen LogP contribution in [0.4, 0.5) is 20.2 Å². The Morgan fingerprint density at radius 1 is 1.07 bits per heavy atom. The first-order valence-electron chi connectivity index (χ1n) is 8.65. The molecule has 1 saturated heterocycles. The number of nitrogens with one attached hydrogen (secondary N) is 1. The number of piperidine rings is 1. The van der Waals surface area contributed by atoms with Crippen molar-refractivity contribution in [2.24, 2.45) is 5.92 Å². The minimum Gasteiger partial charge on any atom is -0.339 e. The third kappa shape index (κ3) is 4.30. The Morgan fingerprint density at radius 3 is 2.29 bits per heavy atom. The lowest BCUT2D eigenvalue weighted by atomic mass is 9.95. The number of hydrogen-bond acceptors (Lipinski definition) is 4. The van der Waals surface area contributed by atoms with E-state index in [4.69, 9.17) is 0 Å². The van der Waals surface area contributed by atoms with Gasteiger partial charge in [-0.05, 0) is 37.1 Å². The summed E-state index contributed by atoms with van der Waals surface area (Å²) in [5, 5.41) is 13.1. The molecule has 28 heavy (non-hydrogen) atoms. The molecule has 0 atom stereocenters. The highest BCUT2D eigenvalue weighted by atomic mass is 19.1. The van der Waals surface area contributed by atoms with Gasteiger partial charge in [0.15, 0.2) is 0 Å². The molecule has 2 aromatic rings. The average Bonchev–Trinajstić information content (AvgIpc) is 2.69. The zero-order chi connectivity index (χ0) is 20.3. The van der Waals surface area contributed by atoms with Gasteiger partial charge >= 0.3 is 0 Å². The van der Waals surface area contributed by atoms with E-state index >= 15 is 0 Å². The van der Waals surface area contributed by atoms with E-state index in [0.717, 1.165) is 12.1 Å². The summed E-state index contributed by atoms with van der Waals surface area (Å²) in [6.07, 6.45) is 0.792. The molecule has 1 N–H and O–H groups in total. The van der Waals surface area contributed by atoms with E-state index in [1.165, 1.54) is 24.3 Å². The fraction of sp³-hybridized carbons (Fsp3) is 0.263. The number of nitrogens with zero attached hydrogens (tertiary/aromatic N) is 2. The van der Waals surface area contributed by atoms with Crippen LogP contribution in [0.5, 0.6) is 0 Å². The normalized spacial score (nSPS) is 14.6. The molecule has 1 heterocycles. The second-order valence-corrected chi connectivity index (χ2v) is 6.48. The summed E-state index contributed by atoms with van der Waals surface area (Å²) in [6, 6.07) is 8.25. The third-order valence-corrected chi connectivity index (χ3v) is 4.67. The molecule has 0 radical (unpaired) electrons. The standard InChI is InChI=1S/C19H17F2N3O4/c20-14-3-6-17(16(21)11-14)22-18(25)12-7-9-23(10-8-12)19(26)13-1-4-15(5-2-13)24(27)28/h1-6,11-12H,7-10H2,(H,22,25). The van der Waals surface area contributed by atoms with E-state index in [1.54, 1.807) is 4.90 Å². The van der Waals surface area contributed by atoms with Crippen LogP contribution in [0.3, 0.4) is 0 Å². The summed E-state index contributed by atoms with van der Waals surface area (Å²) in [6.45, 7) is 0.666. The van der Waals surface area contributed by atoms with Gasteiger partial charge in [0, 0.05) is 42.8 Å². The first-order chi connectivity index (χ1) is 13.3. The largest absolute Gasteiger partial charge is 0.339 e. The van der Waals surface area contributed by atoms with Crippen molar-refractivity contribution < 1.29 is 23.3 Å². The molecule has 1 fully saturated rings. The van der Waals surface area contributed by atoms with Crippen molar-refractivity contribution in [2.75, 3.05) is 18.4 Å². The van der Waals surface area contributed by atoms with Crippen molar-refractivity contribution >= 4 is 23.2 Å². The van der Waals surface area contributed by atoms with Gasteiger partial charge in [-0.15, -0.1) is 0 Å². The number of benzene rings is 2. The maximum atomic E-state index is 13.7. The number of nitro benzene ring substituents is 1. The SMILES string of the molecule is O=C(Nc1ccc(F)cc1F)C1CCN(C(=O)c2ccc([N+](=O)[O-])cc2)CC1. The smallest absolute Gasteiger partial charge is 0.269 e. The summed E-state index contributed by atoms with van der Waals surface area (Å²) in [7, 11) is 0. The highest BCUT2D eigenvalue weighted by Crippen LogP contribution is 2.23. The second-order valence-electron chi connectivity index (χ2n) is 6.48. The average molecular weight is 389 g/mol. The van der Waals surface area contributed by atoms with Crippen LogP contribution in [-0.2, 0) is 4.79 Å². The predicted molar refractivity (Wildman–Crippen MR) is 96.7 cm³/mol. The fourth-order valence-electron chi connectivity index (χ4n) is 3.08. The lowest BCUT2D eigenvalue weighted by molar-refractivity contribution is -0.384. The summed E-state index contributed by atoms with van der Waals surface area (Å²) in [5.41, 5.74) is 0.151. The van der Waals surface area contributed by atoms with Gasteiger partial charge in [0.25, 0.3) is 11.6 Å². The number of amides is 2. The molecule has 0 unspecified atom stereocenters. The van der Waals surface area contributed by atoms with Gasteiger partial charge in [-0.1, -0.05) is 0 Å². The molecule has 1 aliphatic rings. The maximum absolute atomic E-state index is 13.7. The second kappa shape index (κ2) is 8.12. The lowest BCUT2D eigenvalue weighted by Crippen LogP contribution is -2.41. The van der Waals surface area contributed by atoms with Gasteiger partial charge in [-0.3, -0.25) is 19.7 Å². The molecule has 1 aliphatic heterocycles. The molecule has 9 heteroatoms. The minimum absolute atomic E-state index is 0.0872. The van der Waals surface area contributed by atoms with E-state index in [-0.39, 0.29) is 23.2 Å². The van der Waals surface area contributed by atoms with Crippen LogP contribution >= 0.6 is 0 Å². The number of carbonyl (C=O) groups excluding carboxylic acids is 2. The van der Waals surface area contributed by atoms with Crippen molar-refractivity contribution in [2.45, 2.75) is 12.8 Å². The molecule has 0 saturated carbocycles. The molecule has 3 rings (SSSR count). The molecule has 7 nitrogen and oxygen atoms in total. The number of rotatable bonds is 4. The van der Waals surface area contributed by atoms with Gasteiger partial charge in [0.1, 0.15) is 11.6 Å². The van der Waals surface area contributed by atoms with Gasteiger partial charge in [0.2, 0.25) is 5.91 Å². The van der Waals surface area contributed by atoms with Crippen molar-refractivity contribution in [3.05, 3.63) is 69.8 Å². The number of hydrogen-bond donors (Lipinski definition) is 1. The molecule has 0 bridgehead atoms. The Kier molecular flexibility index (Phi) is 5.62. The van der Waals surface area contributed by atoms with Crippen molar-refractivity contribution in [1.29, 1.82) is 0 Å². The third-order valence-electron chi connectivity index (χ3n) is 4.67. The highest BCUT2D eigenvalue weighted by molar-refractivity contribution is 5.95. The molecular weight excluding hydrogens is 372 g/mol. The molecule has 0 aromatic heterocycles. The number of anilines is 1. The molecule has 0 spiro atoms.